The van der Waals surface area contributed by atoms with Crippen molar-refractivity contribution in [2.75, 3.05) is 50.0 Å². The number of rotatable bonds is 8. The van der Waals surface area contributed by atoms with Gasteiger partial charge in [0.2, 0.25) is 0 Å². The van der Waals surface area contributed by atoms with E-state index in [1.165, 1.54) is 58.4 Å². The van der Waals surface area contributed by atoms with Crippen LogP contribution in [0.3, 0.4) is 0 Å². The fourth-order valence-corrected chi connectivity index (χ4v) is 6.18. The van der Waals surface area contributed by atoms with Crippen LogP contribution in [0.25, 0.3) is 11.4 Å². The highest BCUT2D eigenvalue weighted by Gasteiger charge is 2.18. The maximum absolute atomic E-state index is 14.1. The number of aromatic nitrogens is 4. The van der Waals surface area contributed by atoms with Crippen LogP contribution in [0, 0.1) is 34.3 Å². The molecule has 6 aromatic rings. The number of amides is 2. The Labute approximate surface area is 331 Å². The van der Waals surface area contributed by atoms with Crippen LogP contribution in [0.4, 0.5) is 20.2 Å². The van der Waals surface area contributed by atoms with E-state index in [4.69, 9.17) is 20.0 Å². The number of carbonyl (C=O) groups excluding carboxylic acids is 2. The second-order valence-electron chi connectivity index (χ2n) is 13.2. The van der Waals surface area contributed by atoms with Crippen LogP contribution in [0.15, 0.2) is 110 Å². The van der Waals surface area contributed by atoms with Crippen molar-refractivity contribution in [3.63, 3.8) is 0 Å². The largest absolute Gasteiger partial charge is 0.371 e. The third kappa shape index (κ3) is 9.47. The Bertz CT molecular complexity index is 2480. The fourth-order valence-electron chi connectivity index (χ4n) is 6.18. The summed E-state index contributed by atoms with van der Waals surface area (Å²) >= 11 is 0. The van der Waals surface area contributed by atoms with Crippen molar-refractivity contribution < 1.29 is 27.8 Å². The first-order valence-corrected chi connectivity index (χ1v) is 18.2. The number of nitriles is 2. The summed E-state index contributed by atoms with van der Waals surface area (Å²) < 4.78 is 42.0. The molecular weight excluding hydrogens is 747 g/mol. The number of halogens is 2. The van der Waals surface area contributed by atoms with E-state index in [9.17, 15) is 18.4 Å². The summed E-state index contributed by atoms with van der Waals surface area (Å²) in [5, 5.41) is 38.0. The monoisotopic (exact) mass is 782 g/mol. The van der Waals surface area contributed by atoms with E-state index in [0.29, 0.717) is 35.8 Å². The Hall–Kier alpha value is -7.08. The minimum absolute atomic E-state index is 0.00838. The van der Waals surface area contributed by atoms with Crippen molar-refractivity contribution in [3.8, 4) is 23.5 Å². The molecule has 8 rings (SSSR count). The lowest BCUT2D eigenvalue weighted by Crippen LogP contribution is -2.33. The van der Waals surface area contributed by atoms with Gasteiger partial charge in [-0.3, -0.25) is 9.59 Å². The van der Waals surface area contributed by atoms with Crippen molar-refractivity contribution >= 4 is 23.2 Å². The Balaban J connectivity index is 0.000000177. The van der Waals surface area contributed by atoms with Gasteiger partial charge in [-0.05, 0) is 65.7 Å². The quantitative estimate of drug-likeness (QED) is 0.152. The van der Waals surface area contributed by atoms with Gasteiger partial charge < -0.3 is 30.7 Å². The molecule has 2 fully saturated rings. The number of ether oxygens (including phenoxy) is 2. The van der Waals surface area contributed by atoms with Crippen LogP contribution in [-0.2, 0) is 9.47 Å². The minimum atomic E-state index is -0.635. The summed E-state index contributed by atoms with van der Waals surface area (Å²) in [5.74, 6) is -1.90. The molecule has 0 radical (unpaired) electrons. The number of hydrogen-bond donors (Lipinski definition) is 4. The molecule has 292 valence electrons. The van der Waals surface area contributed by atoms with Gasteiger partial charge in [-0.15, -0.1) is 0 Å². The zero-order valence-corrected chi connectivity index (χ0v) is 30.9. The fraction of sp³-hybridized carbons (Fsp3) is 0.190. The minimum Gasteiger partial charge on any atom is -0.371 e. The predicted octanol–water partition coefficient (Wildman–Crippen LogP) is 5.59. The first-order valence-electron chi connectivity index (χ1n) is 18.2. The Morgan fingerprint density at radius 1 is 0.690 bits per heavy atom. The molecule has 0 aliphatic carbocycles. The average molecular weight is 783 g/mol. The van der Waals surface area contributed by atoms with Crippen LogP contribution in [0.5, 0.6) is 0 Å². The Morgan fingerprint density at radius 3 is 1.72 bits per heavy atom. The summed E-state index contributed by atoms with van der Waals surface area (Å²) in [7, 11) is 0. The number of benzene rings is 4. The zero-order valence-electron chi connectivity index (χ0n) is 30.9. The third-order valence-corrected chi connectivity index (χ3v) is 9.29. The normalized spacial score (nSPS) is 16.2. The summed E-state index contributed by atoms with van der Waals surface area (Å²) in [6.45, 7) is 4.58. The lowest BCUT2D eigenvalue weighted by atomic mass is 10.1. The molecule has 0 spiro atoms. The predicted molar refractivity (Wildman–Crippen MR) is 208 cm³/mol. The SMILES string of the molecule is N#Cc1ccc(-n2cc(C(=O)Nc3ccc([C@H]4CNCCO4)cc3)cn2)c(F)c1.N#Cc1ccc(-n2cc(C(=O)Nc3ccc([C@H]4CNCCO4)cc3)cn2)cc1F. The van der Waals surface area contributed by atoms with E-state index in [-0.39, 0.29) is 46.4 Å². The lowest BCUT2D eigenvalue weighted by Gasteiger charge is -2.24. The molecule has 2 aliphatic heterocycles. The van der Waals surface area contributed by atoms with Crippen molar-refractivity contribution in [1.82, 2.24) is 30.2 Å². The van der Waals surface area contributed by atoms with Crippen LogP contribution in [-0.4, -0.2) is 70.8 Å². The maximum Gasteiger partial charge on any atom is 0.258 e. The molecule has 0 saturated carbocycles. The number of carbonyl (C=O) groups is 2. The molecule has 14 nitrogen and oxygen atoms in total. The van der Waals surface area contributed by atoms with Gasteiger partial charge in [0.25, 0.3) is 11.8 Å². The van der Waals surface area contributed by atoms with Crippen molar-refractivity contribution in [2.24, 2.45) is 0 Å². The van der Waals surface area contributed by atoms with Gasteiger partial charge in [0.15, 0.2) is 0 Å². The molecule has 2 aliphatic rings. The van der Waals surface area contributed by atoms with Crippen LogP contribution >= 0.6 is 0 Å². The maximum atomic E-state index is 14.1. The van der Waals surface area contributed by atoms with Gasteiger partial charge in [-0.25, -0.2) is 18.1 Å². The van der Waals surface area contributed by atoms with E-state index < -0.39 is 11.6 Å². The topological polar surface area (TPSA) is 184 Å². The van der Waals surface area contributed by atoms with Gasteiger partial charge >= 0.3 is 0 Å². The average Bonchev–Trinajstić information content (AvgIpc) is 3.97. The Morgan fingerprint density at radius 2 is 1.24 bits per heavy atom. The number of morpholine rings is 2. The molecule has 2 amide bonds. The van der Waals surface area contributed by atoms with Gasteiger partial charge in [0.1, 0.15) is 23.4 Å². The van der Waals surface area contributed by atoms with Crippen molar-refractivity contribution in [2.45, 2.75) is 12.2 Å². The zero-order chi connectivity index (χ0) is 40.4. The highest BCUT2D eigenvalue weighted by atomic mass is 19.1. The molecule has 2 atom stereocenters. The molecule has 2 aromatic heterocycles. The second-order valence-corrected chi connectivity index (χ2v) is 13.2. The first kappa shape index (κ1) is 39.2. The molecule has 4 heterocycles. The molecule has 16 heteroatoms. The van der Waals surface area contributed by atoms with E-state index in [1.54, 1.807) is 12.1 Å². The van der Waals surface area contributed by atoms with Crippen molar-refractivity contribution in [3.05, 3.63) is 155 Å². The lowest BCUT2D eigenvalue weighted by molar-refractivity contribution is 0.0276. The number of nitrogens with zero attached hydrogens (tertiary/aromatic N) is 6. The summed E-state index contributed by atoms with van der Waals surface area (Å²) in [6.07, 6.45) is 5.74. The van der Waals surface area contributed by atoms with Crippen molar-refractivity contribution in [1.29, 1.82) is 10.5 Å². The van der Waals surface area contributed by atoms with E-state index in [1.807, 2.05) is 54.6 Å². The van der Waals surface area contributed by atoms with Crippen LogP contribution in [0.1, 0.15) is 55.2 Å². The van der Waals surface area contributed by atoms with Gasteiger partial charge in [-0.1, -0.05) is 24.3 Å². The molecular formula is C42H36F2N10O4. The third-order valence-electron chi connectivity index (χ3n) is 9.29. The van der Waals surface area contributed by atoms with E-state index >= 15 is 0 Å². The van der Waals surface area contributed by atoms with Gasteiger partial charge in [-0.2, -0.15) is 20.7 Å². The standard InChI is InChI=1S/2C21H18FN5O2/c22-18-9-14(10-23)1-6-19(18)27-13-16(11-25-27)21(28)26-17-4-2-15(3-5-17)20-12-24-7-8-29-20;22-19-9-18(6-3-15(19)10-23)27-13-16(11-25-27)21(28)26-17-4-1-14(2-5-17)20-12-24-7-8-29-20/h2*1-6,9,11,13,20,24H,7-8,12H2,(H,26,28)/t2*20-/m11/s1. The van der Waals surface area contributed by atoms with E-state index in [2.05, 4.69) is 31.5 Å². The molecule has 0 unspecified atom stereocenters. The van der Waals surface area contributed by atoms with Gasteiger partial charge in [0, 0.05) is 56.0 Å². The smallest absolute Gasteiger partial charge is 0.258 e. The number of hydrogen-bond acceptors (Lipinski definition) is 10. The second kappa shape index (κ2) is 18.2. The van der Waals surface area contributed by atoms with Crippen LogP contribution < -0.4 is 21.3 Å². The highest BCUT2D eigenvalue weighted by molar-refractivity contribution is 6.04. The molecule has 0 bridgehead atoms. The van der Waals surface area contributed by atoms with Crippen LogP contribution in [0.2, 0.25) is 0 Å². The van der Waals surface area contributed by atoms with E-state index in [0.717, 1.165) is 43.4 Å². The molecule has 4 N–H and O–H groups in total. The molecule has 4 aromatic carbocycles. The Kier molecular flexibility index (Phi) is 12.3. The summed E-state index contributed by atoms with van der Waals surface area (Å²) in [6, 6.07) is 26.8. The molecule has 58 heavy (non-hydrogen) atoms. The number of anilines is 2. The highest BCUT2D eigenvalue weighted by Crippen LogP contribution is 2.23. The van der Waals surface area contributed by atoms with Gasteiger partial charge in [0.05, 0.1) is 71.8 Å². The number of nitrogens with one attached hydrogen (secondary N) is 4. The molecule has 2 saturated heterocycles. The summed E-state index contributed by atoms with van der Waals surface area (Å²) in [4.78, 5) is 25.0. The summed E-state index contributed by atoms with van der Waals surface area (Å²) in [5.41, 5.74) is 4.76. The first-order chi connectivity index (χ1) is 28.3.